The average Bonchev–Trinajstić information content (AvgIpc) is 2.93. The summed E-state index contributed by atoms with van der Waals surface area (Å²) in [6.45, 7) is 11.8. The van der Waals surface area contributed by atoms with Crippen LogP contribution >= 0.6 is 0 Å². The zero-order chi connectivity index (χ0) is 16.8. The highest BCUT2D eigenvalue weighted by Gasteiger charge is 2.17. The van der Waals surface area contributed by atoms with Crippen LogP contribution in [0.4, 0.5) is 0 Å². The van der Waals surface area contributed by atoms with Crippen molar-refractivity contribution in [3.8, 4) is 0 Å². The molecule has 122 valence electrons. The molecule has 2 rings (SSSR count). The first kappa shape index (κ1) is 17.1. The van der Waals surface area contributed by atoms with Crippen molar-refractivity contribution in [3.63, 3.8) is 0 Å². The molecule has 0 spiro atoms. The van der Waals surface area contributed by atoms with Gasteiger partial charge in [-0.05, 0) is 24.6 Å². The third-order valence-corrected chi connectivity index (χ3v) is 3.87. The van der Waals surface area contributed by atoms with Gasteiger partial charge < -0.3 is 9.47 Å². The van der Waals surface area contributed by atoms with Crippen molar-refractivity contribution < 1.29 is 4.79 Å². The fraction of sp³-hybridized carbons (Fsp3) is 0.350. The molecular weight excluding hydrogens is 284 g/mol. The van der Waals surface area contributed by atoms with Crippen LogP contribution in [0.2, 0.25) is 0 Å². The molecule has 0 radical (unpaired) electrons. The summed E-state index contributed by atoms with van der Waals surface area (Å²) in [5, 5.41) is 0. The summed E-state index contributed by atoms with van der Waals surface area (Å²) < 4.78 is 2.21. The van der Waals surface area contributed by atoms with Crippen LogP contribution in [0.15, 0.2) is 55.3 Å². The van der Waals surface area contributed by atoms with E-state index in [9.17, 15) is 4.79 Å². The van der Waals surface area contributed by atoms with E-state index in [2.05, 4.69) is 54.6 Å². The molecule has 0 saturated carbocycles. The second kappa shape index (κ2) is 7.82. The number of benzene rings is 1. The molecule has 3 heteroatoms. The minimum atomic E-state index is -0.00450. The van der Waals surface area contributed by atoms with E-state index < -0.39 is 0 Å². The Labute approximate surface area is 139 Å². The molecule has 1 aromatic heterocycles. The van der Waals surface area contributed by atoms with E-state index in [1.165, 1.54) is 11.1 Å². The highest BCUT2D eigenvalue weighted by atomic mass is 16.2. The van der Waals surface area contributed by atoms with E-state index >= 15 is 0 Å². The van der Waals surface area contributed by atoms with Crippen LogP contribution in [0.5, 0.6) is 0 Å². The molecule has 0 unspecified atom stereocenters. The summed E-state index contributed by atoms with van der Waals surface area (Å²) in [6, 6.07) is 12.6. The van der Waals surface area contributed by atoms with Crippen LogP contribution in [0.25, 0.3) is 0 Å². The average molecular weight is 310 g/mol. The van der Waals surface area contributed by atoms with Crippen molar-refractivity contribution in [2.45, 2.75) is 33.9 Å². The van der Waals surface area contributed by atoms with Crippen LogP contribution < -0.4 is 0 Å². The van der Waals surface area contributed by atoms with Crippen molar-refractivity contribution in [1.82, 2.24) is 9.47 Å². The van der Waals surface area contributed by atoms with Gasteiger partial charge in [-0.1, -0.05) is 49.8 Å². The summed E-state index contributed by atoms with van der Waals surface area (Å²) in [6.07, 6.45) is 3.86. The van der Waals surface area contributed by atoms with Crippen LogP contribution in [0.3, 0.4) is 0 Å². The smallest absolute Gasteiger partial charge is 0.225 e. The maximum Gasteiger partial charge on any atom is 0.225 e. The van der Waals surface area contributed by atoms with Gasteiger partial charge in [-0.3, -0.25) is 4.79 Å². The lowest BCUT2D eigenvalue weighted by Gasteiger charge is -2.24. The first-order valence-corrected chi connectivity index (χ1v) is 8.10. The van der Waals surface area contributed by atoms with Crippen LogP contribution in [-0.2, 0) is 17.9 Å². The second-order valence-corrected chi connectivity index (χ2v) is 6.28. The van der Waals surface area contributed by atoms with Crippen LogP contribution in [0.1, 0.15) is 30.7 Å². The fourth-order valence-electron chi connectivity index (χ4n) is 2.70. The molecule has 1 heterocycles. The molecule has 1 amide bonds. The van der Waals surface area contributed by atoms with E-state index in [0.29, 0.717) is 13.1 Å². The number of carbonyl (C=O) groups is 1. The van der Waals surface area contributed by atoms with Gasteiger partial charge in [-0.2, -0.15) is 0 Å². The van der Waals surface area contributed by atoms with E-state index in [-0.39, 0.29) is 11.8 Å². The lowest BCUT2D eigenvalue weighted by Crippen LogP contribution is -2.34. The Bertz CT molecular complexity index is 670. The van der Waals surface area contributed by atoms with Crippen LogP contribution in [0, 0.1) is 12.8 Å². The number of aromatic nitrogens is 1. The Balaban J connectivity index is 2.16. The third-order valence-electron chi connectivity index (χ3n) is 3.87. The van der Waals surface area contributed by atoms with Gasteiger partial charge in [0, 0.05) is 30.9 Å². The van der Waals surface area contributed by atoms with Crippen molar-refractivity contribution in [1.29, 1.82) is 0 Å². The van der Waals surface area contributed by atoms with Gasteiger partial charge >= 0.3 is 0 Å². The van der Waals surface area contributed by atoms with Gasteiger partial charge in [-0.25, -0.2) is 0 Å². The predicted molar refractivity (Wildman–Crippen MR) is 95.2 cm³/mol. The molecule has 3 nitrogen and oxygen atoms in total. The summed E-state index contributed by atoms with van der Waals surface area (Å²) in [5.74, 6) is 0.156. The summed E-state index contributed by atoms with van der Waals surface area (Å²) in [5.41, 5.74) is 3.68. The number of nitrogens with zero attached hydrogens (tertiary/aromatic N) is 2. The molecule has 2 aromatic rings. The molecule has 0 fully saturated rings. The molecule has 0 N–H and O–H groups in total. The molecule has 1 aromatic carbocycles. The SMILES string of the molecule is C=CCN(Cc1cccn1Cc1cccc(C)c1)C(=O)C(C)C. The molecular formula is C20H26N2O. The third kappa shape index (κ3) is 4.59. The molecule has 0 bridgehead atoms. The zero-order valence-electron chi connectivity index (χ0n) is 14.3. The Hall–Kier alpha value is -2.29. The van der Waals surface area contributed by atoms with E-state index in [1.807, 2.05) is 24.8 Å². The Kier molecular flexibility index (Phi) is 5.80. The predicted octanol–water partition coefficient (Wildman–Crippen LogP) is 4.02. The standard InChI is InChI=1S/C20H26N2O/c1-5-11-22(20(23)16(2)3)15-19-10-7-12-21(19)14-18-9-6-8-17(4)13-18/h5-10,12-13,16H,1,11,14-15H2,2-4H3. The number of hydrogen-bond donors (Lipinski definition) is 0. The fourth-order valence-corrected chi connectivity index (χ4v) is 2.70. The Morgan fingerprint density at radius 2 is 2.09 bits per heavy atom. The lowest BCUT2D eigenvalue weighted by atomic mass is 10.1. The first-order valence-electron chi connectivity index (χ1n) is 8.10. The summed E-state index contributed by atoms with van der Waals surface area (Å²) in [7, 11) is 0. The maximum atomic E-state index is 12.3. The molecule has 0 aliphatic rings. The van der Waals surface area contributed by atoms with Gasteiger partial charge in [0.2, 0.25) is 5.91 Å². The monoisotopic (exact) mass is 310 g/mol. The maximum absolute atomic E-state index is 12.3. The second-order valence-electron chi connectivity index (χ2n) is 6.28. The molecule has 0 atom stereocenters. The molecule has 0 aliphatic heterocycles. The lowest BCUT2D eigenvalue weighted by molar-refractivity contribution is -0.134. The van der Waals surface area contributed by atoms with E-state index in [1.54, 1.807) is 6.08 Å². The van der Waals surface area contributed by atoms with Crippen molar-refractivity contribution in [2.75, 3.05) is 6.54 Å². The number of aryl methyl sites for hydroxylation is 1. The van der Waals surface area contributed by atoms with Crippen molar-refractivity contribution >= 4 is 5.91 Å². The van der Waals surface area contributed by atoms with Gasteiger partial charge in [0.1, 0.15) is 0 Å². The normalized spacial score (nSPS) is 10.8. The number of amides is 1. The zero-order valence-corrected chi connectivity index (χ0v) is 14.3. The van der Waals surface area contributed by atoms with Crippen LogP contribution in [-0.4, -0.2) is 21.9 Å². The molecule has 23 heavy (non-hydrogen) atoms. The minimum Gasteiger partial charge on any atom is -0.345 e. The molecule has 0 saturated heterocycles. The minimum absolute atomic E-state index is 0.00450. The van der Waals surface area contributed by atoms with E-state index in [4.69, 9.17) is 0 Å². The number of rotatable bonds is 7. The quantitative estimate of drug-likeness (QED) is 0.709. The summed E-state index contributed by atoms with van der Waals surface area (Å²) in [4.78, 5) is 14.2. The van der Waals surface area contributed by atoms with Crippen molar-refractivity contribution in [2.24, 2.45) is 5.92 Å². The van der Waals surface area contributed by atoms with Crippen molar-refractivity contribution in [3.05, 3.63) is 72.1 Å². The highest BCUT2D eigenvalue weighted by Crippen LogP contribution is 2.13. The summed E-state index contributed by atoms with van der Waals surface area (Å²) >= 11 is 0. The largest absolute Gasteiger partial charge is 0.345 e. The number of hydrogen-bond acceptors (Lipinski definition) is 1. The van der Waals surface area contributed by atoms with Gasteiger partial charge in [0.15, 0.2) is 0 Å². The molecule has 0 aliphatic carbocycles. The topological polar surface area (TPSA) is 25.2 Å². The van der Waals surface area contributed by atoms with Gasteiger partial charge in [-0.15, -0.1) is 6.58 Å². The Morgan fingerprint density at radius 1 is 1.30 bits per heavy atom. The van der Waals surface area contributed by atoms with Gasteiger partial charge in [0.05, 0.1) is 6.54 Å². The number of carbonyl (C=O) groups excluding carboxylic acids is 1. The first-order chi connectivity index (χ1) is 11.0. The van der Waals surface area contributed by atoms with Gasteiger partial charge in [0.25, 0.3) is 0 Å². The Morgan fingerprint density at radius 3 is 2.74 bits per heavy atom. The van der Waals surface area contributed by atoms with E-state index in [0.717, 1.165) is 12.2 Å². The highest BCUT2D eigenvalue weighted by molar-refractivity contribution is 5.78.